The zero-order chi connectivity index (χ0) is 13.6. The molecule has 0 aromatic carbocycles. The second-order valence-electron chi connectivity index (χ2n) is 4.41. The van der Waals surface area contributed by atoms with Crippen molar-refractivity contribution in [2.45, 2.75) is 57.8 Å². The molecule has 104 valence electrons. The van der Waals surface area contributed by atoms with Gasteiger partial charge in [-0.15, -0.1) is 0 Å². The number of carbonyl (C=O) groups is 2. The molecule has 3 nitrogen and oxygen atoms in total. The van der Waals surface area contributed by atoms with Crippen molar-refractivity contribution in [3.8, 4) is 0 Å². The molecule has 0 heterocycles. The zero-order valence-corrected chi connectivity index (χ0v) is 10.9. The second-order valence-corrected chi connectivity index (χ2v) is 4.41. The van der Waals surface area contributed by atoms with Crippen molar-refractivity contribution in [3.05, 3.63) is 12.2 Å². The third-order valence-electron chi connectivity index (χ3n) is 2.72. The van der Waals surface area contributed by atoms with Crippen LogP contribution in [0.25, 0.3) is 0 Å². The van der Waals surface area contributed by atoms with Gasteiger partial charge in [-0.25, -0.2) is 4.79 Å². The van der Waals surface area contributed by atoms with Crippen molar-refractivity contribution >= 4 is 11.8 Å². The van der Waals surface area contributed by atoms with Crippen LogP contribution in [0.5, 0.6) is 0 Å². The van der Waals surface area contributed by atoms with Gasteiger partial charge in [-0.1, -0.05) is 38.5 Å². The molecule has 0 amide bonds. The first-order chi connectivity index (χ1) is 8.66. The Balaban J connectivity index is 3.25. The van der Waals surface area contributed by atoms with E-state index in [2.05, 4.69) is 0 Å². The predicted octanol–water partition coefficient (Wildman–Crippen LogP) is 3.68. The van der Waals surface area contributed by atoms with Gasteiger partial charge in [0.1, 0.15) is 0 Å². The molecule has 4 heteroatoms. The summed E-state index contributed by atoms with van der Waals surface area (Å²) in [6.45, 7) is -0.216. The van der Waals surface area contributed by atoms with Gasteiger partial charge in [0.25, 0.3) is 0 Å². The smallest absolute Gasteiger partial charge is 0.328 e. The molecule has 0 spiro atoms. The standard InChI is InChI=1S/C14H23FO3/c15-12-8-6-4-2-1-3-5-7-9-13(16)10-11-14(17)18/h10-11H,1-9,12H2,(H,17,18). The summed E-state index contributed by atoms with van der Waals surface area (Å²) in [6, 6.07) is 0. The van der Waals surface area contributed by atoms with E-state index in [9.17, 15) is 14.0 Å². The Bertz CT molecular complexity index is 262. The maximum atomic E-state index is 11.8. The summed E-state index contributed by atoms with van der Waals surface area (Å²) in [5.74, 6) is -1.21. The fourth-order valence-electron chi connectivity index (χ4n) is 1.70. The number of hydrogen-bond donors (Lipinski definition) is 1. The van der Waals surface area contributed by atoms with E-state index in [1.165, 1.54) is 0 Å². The summed E-state index contributed by atoms with van der Waals surface area (Å²) >= 11 is 0. The van der Waals surface area contributed by atoms with Crippen molar-refractivity contribution in [1.82, 2.24) is 0 Å². The molecule has 0 saturated heterocycles. The number of rotatable bonds is 12. The minimum atomic E-state index is -1.09. The van der Waals surface area contributed by atoms with Gasteiger partial charge >= 0.3 is 5.97 Å². The molecule has 0 aliphatic carbocycles. The molecule has 0 aliphatic heterocycles. The fraction of sp³-hybridized carbons (Fsp3) is 0.714. The minimum absolute atomic E-state index is 0.125. The van der Waals surface area contributed by atoms with Gasteiger partial charge in [0.05, 0.1) is 6.67 Å². The first-order valence-corrected chi connectivity index (χ1v) is 6.66. The van der Waals surface area contributed by atoms with E-state index in [1.807, 2.05) is 0 Å². The van der Waals surface area contributed by atoms with Crippen molar-refractivity contribution in [2.75, 3.05) is 6.67 Å². The average molecular weight is 258 g/mol. The highest BCUT2D eigenvalue weighted by Crippen LogP contribution is 2.10. The number of unbranched alkanes of at least 4 members (excludes halogenated alkanes) is 7. The lowest BCUT2D eigenvalue weighted by Gasteiger charge is -2.00. The number of alkyl halides is 1. The van der Waals surface area contributed by atoms with Crippen molar-refractivity contribution in [3.63, 3.8) is 0 Å². The van der Waals surface area contributed by atoms with E-state index in [1.54, 1.807) is 0 Å². The number of carboxylic acids is 1. The number of carbonyl (C=O) groups excluding carboxylic acids is 1. The molecule has 0 rings (SSSR count). The van der Waals surface area contributed by atoms with Crippen molar-refractivity contribution in [1.29, 1.82) is 0 Å². The number of hydrogen-bond acceptors (Lipinski definition) is 2. The highest BCUT2D eigenvalue weighted by Gasteiger charge is 1.98. The number of ketones is 1. The third kappa shape index (κ3) is 12.9. The average Bonchev–Trinajstić information content (AvgIpc) is 2.34. The lowest BCUT2D eigenvalue weighted by molar-refractivity contribution is -0.131. The van der Waals surface area contributed by atoms with Gasteiger partial charge in [0.15, 0.2) is 5.78 Å². The molecule has 1 N–H and O–H groups in total. The van der Waals surface area contributed by atoms with Crippen LogP contribution in [0.15, 0.2) is 12.2 Å². The maximum Gasteiger partial charge on any atom is 0.328 e. The van der Waals surface area contributed by atoms with E-state index >= 15 is 0 Å². The Hall–Kier alpha value is -1.19. The van der Waals surface area contributed by atoms with Crippen LogP contribution in [0.3, 0.4) is 0 Å². The van der Waals surface area contributed by atoms with Crippen LogP contribution in [0.2, 0.25) is 0 Å². The lowest BCUT2D eigenvalue weighted by atomic mass is 10.1. The van der Waals surface area contributed by atoms with Crippen LogP contribution in [-0.2, 0) is 9.59 Å². The highest BCUT2D eigenvalue weighted by atomic mass is 19.1. The van der Waals surface area contributed by atoms with Gasteiger partial charge in [0, 0.05) is 12.5 Å². The molecular formula is C14H23FO3. The first kappa shape index (κ1) is 16.8. The Labute approximate surface area is 108 Å². The minimum Gasteiger partial charge on any atom is -0.478 e. The molecule has 18 heavy (non-hydrogen) atoms. The van der Waals surface area contributed by atoms with Crippen LogP contribution in [0.4, 0.5) is 4.39 Å². The van der Waals surface area contributed by atoms with E-state index in [0.29, 0.717) is 12.8 Å². The monoisotopic (exact) mass is 258 g/mol. The number of allylic oxidation sites excluding steroid dienone is 1. The molecular weight excluding hydrogens is 235 g/mol. The summed E-state index contributed by atoms with van der Waals surface area (Å²) < 4.78 is 11.8. The molecule has 0 aliphatic rings. The summed E-state index contributed by atoms with van der Waals surface area (Å²) in [6.07, 6.45) is 10.3. The van der Waals surface area contributed by atoms with Crippen LogP contribution in [-0.4, -0.2) is 23.5 Å². The van der Waals surface area contributed by atoms with E-state index in [-0.39, 0.29) is 12.5 Å². The second kappa shape index (κ2) is 12.3. The zero-order valence-electron chi connectivity index (χ0n) is 10.9. The number of aliphatic carboxylic acids is 1. The quantitative estimate of drug-likeness (QED) is 0.429. The Morgan fingerprint density at radius 1 is 0.833 bits per heavy atom. The summed E-state index contributed by atoms with van der Waals surface area (Å²) in [4.78, 5) is 21.3. The lowest BCUT2D eigenvalue weighted by Crippen LogP contribution is -1.95. The van der Waals surface area contributed by atoms with E-state index < -0.39 is 5.97 Å². The van der Waals surface area contributed by atoms with Gasteiger partial charge in [-0.2, -0.15) is 0 Å². The SMILES string of the molecule is O=C(O)C=CC(=O)CCCCCCCCCCF. The molecule has 0 unspecified atom stereocenters. The molecule has 0 aromatic heterocycles. The van der Waals surface area contributed by atoms with Crippen LogP contribution < -0.4 is 0 Å². The Morgan fingerprint density at radius 2 is 1.33 bits per heavy atom. The summed E-state index contributed by atoms with van der Waals surface area (Å²) in [5, 5.41) is 8.33. The first-order valence-electron chi connectivity index (χ1n) is 6.66. The van der Waals surface area contributed by atoms with E-state index in [0.717, 1.165) is 57.1 Å². The van der Waals surface area contributed by atoms with Gasteiger partial charge in [-0.05, 0) is 18.9 Å². The van der Waals surface area contributed by atoms with Crippen molar-refractivity contribution in [2.24, 2.45) is 0 Å². The molecule has 0 aromatic rings. The Kier molecular flexibility index (Phi) is 11.5. The van der Waals surface area contributed by atoms with Crippen LogP contribution in [0.1, 0.15) is 57.8 Å². The molecule has 0 atom stereocenters. The maximum absolute atomic E-state index is 11.8. The summed E-state index contributed by atoms with van der Waals surface area (Å²) in [5.41, 5.74) is 0. The normalized spacial score (nSPS) is 10.9. The molecule has 0 bridgehead atoms. The molecule has 0 saturated carbocycles. The number of halogens is 1. The topological polar surface area (TPSA) is 54.4 Å². The third-order valence-corrected chi connectivity index (χ3v) is 2.72. The van der Waals surface area contributed by atoms with Crippen LogP contribution in [0, 0.1) is 0 Å². The van der Waals surface area contributed by atoms with Gasteiger partial charge in [-0.3, -0.25) is 9.18 Å². The molecule has 0 radical (unpaired) electrons. The Morgan fingerprint density at radius 3 is 1.83 bits per heavy atom. The predicted molar refractivity (Wildman–Crippen MR) is 69.3 cm³/mol. The summed E-state index contributed by atoms with van der Waals surface area (Å²) in [7, 11) is 0. The highest BCUT2D eigenvalue weighted by molar-refractivity contribution is 5.95. The van der Waals surface area contributed by atoms with Crippen LogP contribution >= 0.6 is 0 Å². The van der Waals surface area contributed by atoms with Gasteiger partial charge in [0.2, 0.25) is 0 Å². The molecule has 0 fully saturated rings. The number of carboxylic acid groups (broad SMARTS) is 1. The fourth-order valence-corrected chi connectivity index (χ4v) is 1.70. The van der Waals surface area contributed by atoms with E-state index in [4.69, 9.17) is 5.11 Å². The van der Waals surface area contributed by atoms with Gasteiger partial charge < -0.3 is 5.11 Å². The largest absolute Gasteiger partial charge is 0.478 e. The van der Waals surface area contributed by atoms with Crippen molar-refractivity contribution < 1.29 is 19.1 Å².